The van der Waals surface area contributed by atoms with Crippen LogP contribution in [-0.2, 0) is 0 Å². The van der Waals surface area contributed by atoms with Crippen LogP contribution in [0.15, 0.2) is 71.3 Å². The lowest BCUT2D eigenvalue weighted by atomic mass is 10.00. The second kappa shape index (κ2) is 8.09. The average molecular weight is 442 g/mol. The molecule has 0 fully saturated rings. The highest BCUT2D eigenvalue weighted by atomic mass is 32.2. The Morgan fingerprint density at radius 1 is 1.03 bits per heavy atom. The highest BCUT2D eigenvalue weighted by Crippen LogP contribution is 2.37. The molecule has 0 unspecified atom stereocenters. The summed E-state index contributed by atoms with van der Waals surface area (Å²) in [6.45, 7) is 0. The number of rotatable bonds is 3. The number of anilines is 1. The number of hydrogen-bond acceptors (Lipinski definition) is 7. The molecule has 5 aromatic rings. The van der Waals surface area contributed by atoms with E-state index in [4.69, 9.17) is 10.7 Å². The van der Waals surface area contributed by atoms with E-state index >= 15 is 0 Å². The van der Waals surface area contributed by atoms with Gasteiger partial charge in [0.25, 0.3) is 0 Å². The first-order valence-electron chi connectivity index (χ1n) is 9.69. The monoisotopic (exact) mass is 441 g/mol. The second-order valence-corrected chi connectivity index (χ2v) is 8.63. The van der Waals surface area contributed by atoms with E-state index in [1.54, 1.807) is 23.1 Å². The Morgan fingerprint density at radius 2 is 1.87 bits per heavy atom. The number of fused-ring (bicyclic) bond motifs is 2. The van der Waals surface area contributed by atoms with Crippen LogP contribution in [0.5, 0.6) is 0 Å². The summed E-state index contributed by atoms with van der Waals surface area (Å²) < 4.78 is 0. The maximum absolute atomic E-state index is 6.17. The number of pyridine rings is 1. The molecule has 2 aromatic carbocycles. The van der Waals surface area contributed by atoms with Crippen LogP contribution < -0.4 is 5.73 Å². The molecular formula is C24H19N5S2. The summed E-state index contributed by atoms with van der Waals surface area (Å²) in [5.41, 5.74) is 12.2. The summed E-state index contributed by atoms with van der Waals surface area (Å²) >= 11 is 3.21. The van der Waals surface area contributed by atoms with Gasteiger partial charge >= 0.3 is 0 Å². The molecule has 0 aliphatic rings. The minimum atomic E-state index is 0.496. The van der Waals surface area contributed by atoms with Crippen molar-refractivity contribution in [3.63, 3.8) is 0 Å². The first kappa shape index (κ1) is 19.7. The lowest BCUT2D eigenvalue weighted by molar-refractivity contribution is 1.24. The van der Waals surface area contributed by atoms with Crippen molar-refractivity contribution in [3.05, 3.63) is 71.9 Å². The molecule has 0 saturated heterocycles. The first-order valence-corrected chi connectivity index (χ1v) is 11.8. The third kappa shape index (κ3) is 3.45. The van der Waals surface area contributed by atoms with Gasteiger partial charge in [0.2, 0.25) is 0 Å². The number of aromatic nitrogens is 3. The van der Waals surface area contributed by atoms with Gasteiger partial charge in [-0.2, -0.15) is 0 Å². The fourth-order valence-electron chi connectivity index (χ4n) is 3.76. The van der Waals surface area contributed by atoms with Gasteiger partial charge in [-0.05, 0) is 24.0 Å². The van der Waals surface area contributed by atoms with Crippen LogP contribution in [0.25, 0.3) is 43.5 Å². The van der Waals surface area contributed by atoms with Crippen molar-refractivity contribution in [1.29, 1.82) is 0 Å². The average Bonchev–Trinajstić information content (AvgIpc) is 3.25. The highest BCUT2D eigenvalue weighted by molar-refractivity contribution is 8.13. The van der Waals surface area contributed by atoms with Crippen LogP contribution in [0.4, 0.5) is 5.82 Å². The molecule has 3 aromatic heterocycles. The number of thioether (sulfide) groups is 1. The molecule has 0 aliphatic heterocycles. The zero-order chi connectivity index (χ0) is 21.4. The predicted octanol–water partition coefficient (Wildman–Crippen LogP) is 5.90. The van der Waals surface area contributed by atoms with E-state index in [0.717, 1.165) is 54.1 Å². The molecule has 0 saturated carbocycles. The van der Waals surface area contributed by atoms with Crippen molar-refractivity contribution in [2.75, 3.05) is 19.0 Å². The minimum Gasteiger partial charge on any atom is -0.383 e. The van der Waals surface area contributed by atoms with Crippen LogP contribution in [0.3, 0.4) is 0 Å². The van der Waals surface area contributed by atoms with Crippen molar-refractivity contribution in [2.24, 2.45) is 4.99 Å². The molecule has 0 radical (unpaired) electrons. The quantitative estimate of drug-likeness (QED) is 0.279. The number of aliphatic imine (C=N–C) groups is 1. The Labute approximate surface area is 188 Å². The van der Waals surface area contributed by atoms with Gasteiger partial charge in [0.1, 0.15) is 17.0 Å². The van der Waals surface area contributed by atoms with Gasteiger partial charge < -0.3 is 5.73 Å². The van der Waals surface area contributed by atoms with Crippen molar-refractivity contribution in [2.45, 2.75) is 0 Å². The smallest absolute Gasteiger partial charge is 0.136 e. The topological polar surface area (TPSA) is 77.0 Å². The van der Waals surface area contributed by atoms with Gasteiger partial charge in [-0.15, -0.1) is 23.1 Å². The van der Waals surface area contributed by atoms with Crippen LogP contribution in [-0.4, -0.2) is 33.3 Å². The molecule has 0 atom stereocenters. The third-order valence-corrected chi connectivity index (χ3v) is 6.89. The lowest BCUT2D eigenvalue weighted by Crippen LogP contribution is -1.99. The molecular weight excluding hydrogens is 422 g/mol. The lowest BCUT2D eigenvalue weighted by Gasteiger charge is -2.12. The summed E-state index contributed by atoms with van der Waals surface area (Å²) in [6.07, 6.45) is 3.55. The Balaban J connectivity index is 1.77. The number of benzene rings is 2. The number of hydrogen-bond donors (Lipinski definition) is 1. The van der Waals surface area contributed by atoms with E-state index < -0.39 is 0 Å². The molecule has 3 heterocycles. The second-order valence-electron chi connectivity index (χ2n) is 6.97. The molecule has 152 valence electrons. The standard InChI is InChI=1S/C24H19N5S2/c1-26-23(30-2)17-11-19(14-6-4-3-5-7-14)29-20-10-15(8-9-16(17)20)18-12-31-24-21(18)22(25)27-13-28-24/h3-13H,1-2H3,(H2,25,27,28). The van der Waals surface area contributed by atoms with E-state index in [9.17, 15) is 0 Å². The summed E-state index contributed by atoms with van der Waals surface area (Å²) in [6, 6.07) is 18.7. The summed E-state index contributed by atoms with van der Waals surface area (Å²) in [4.78, 5) is 18.9. The van der Waals surface area contributed by atoms with Crippen molar-refractivity contribution < 1.29 is 0 Å². The van der Waals surface area contributed by atoms with Crippen LogP contribution in [0, 0.1) is 0 Å². The largest absolute Gasteiger partial charge is 0.383 e. The summed E-state index contributed by atoms with van der Waals surface area (Å²) in [5, 5.41) is 5.03. The normalized spacial score (nSPS) is 12.0. The van der Waals surface area contributed by atoms with Crippen LogP contribution in [0.2, 0.25) is 0 Å². The fourth-order valence-corrected chi connectivity index (χ4v) is 5.26. The molecule has 5 nitrogen and oxygen atoms in total. The van der Waals surface area contributed by atoms with Crippen LogP contribution in [0.1, 0.15) is 5.56 Å². The van der Waals surface area contributed by atoms with Crippen molar-refractivity contribution >= 4 is 55.1 Å². The first-order chi connectivity index (χ1) is 15.2. The number of nitrogen functional groups attached to an aromatic ring is 1. The Morgan fingerprint density at radius 3 is 2.65 bits per heavy atom. The maximum Gasteiger partial charge on any atom is 0.136 e. The molecule has 2 N–H and O–H groups in total. The molecule has 7 heteroatoms. The zero-order valence-corrected chi connectivity index (χ0v) is 18.7. The molecule has 0 aliphatic carbocycles. The maximum atomic E-state index is 6.17. The van der Waals surface area contributed by atoms with E-state index in [0.29, 0.717) is 5.82 Å². The molecule has 5 rings (SSSR count). The Bertz CT molecular complexity index is 1440. The van der Waals surface area contributed by atoms with Gasteiger partial charge in [-0.25, -0.2) is 15.0 Å². The zero-order valence-electron chi connectivity index (χ0n) is 17.0. The van der Waals surface area contributed by atoms with E-state index in [1.807, 2.05) is 31.5 Å². The van der Waals surface area contributed by atoms with Crippen molar-refractivity contribution in [3.8, 4) is 22.4 Å². The van der Waals surface area contributed by atoms with E-state index in [-0.39, 0.29) is 0 Å². The predicted molar refractivity (Wildman–Crippen MR) is 134 cm³/mol. The summed E-state index contributed by atoms with van der Waals surface area (Å²) in [5.74, 6) is 0.496. The third-order valence-electron chi connectivity index (χ3n) is 5.22. The Kier molecular flexibility index (Phi) is 5.13. The molecule has 0 bridgehead atoms. The van der Waals surface area contributed by atoms with Gasteiger partial charge in [-0.1, -0.05) is 42.5 Å². The molecule has 0 amide bonds. The minimum absolute atomic E-state index is 0.496. The van der Waals surface area contributed by atoms with Crippen LogP contribution >= 0.6 is 23.1 Å². The molecule has 0 spiro atoms. The number of thiophene rings is 1. The van der Waals surface area contributed by atoms with Crippen molar-refractivity contribution in [1.82, 2.24) is 15.0 Å². The number of nitrogens with zero attached hydrogens (tertiary/aromatic N) is 4. The Hall–Kier alpha value is -3.29. The van der Waals surface area contributed by atoms with E-state index in [2.05, 4.69) is 56.7 Å². The number of nitrogens with two attached hydrogens (primary N) is 1. The summed E-state index contributed by atoms with van der Waals surface area (Å²) in [7, 11) is 1.83. The van der Waals surface area contributed by atoms with Gasteiger partial charge in [0.15, 0.2) is 0 Å². The van der Waals surface area contributed by atoms with Gasteiger partial charge in [0, 0.05) is 34.5 Å². The van der Waals surface area contributed by atoms with Gasteiger partial charge in [-0.3, -0.25) is 4.99 Å². The highest BCUT2D eigenvalue weighted by Gasteiger charge is 2.15. The van der Waals surface area contributed by atoms with Gasteiger partial charge in [0.05, 0.1) is 21.6 Å². The SMILES string of the molecule is CN=C(SC)c1cc(-c2ccccc2)nc2cc(-c3csc4ncnc(N)c34)ccc12. The molecule has 31 heavy (non-hydrogen) atoms. The van der Waals surface area contributed by atoms with E-state index in [1.165, 1.54) is 6.33 Å². The fraction of sp³-hybridized carbons (Fsp3) is 0.0833.